The molecule has 0 unspecified atom stereocenters. The topological polar surface area (TPSA) is 102 Å². The number of carboxylic acid groups (broad SMARTS) is 1. The van der Waals surface area contributed by atoms with Crippen molar-refractivity contribution in [2.75, 3.05) is 6.54 Å². The monoisotopic (exact) mass is 266 g/mol. The van der Waals surface area contributed by atoms with Crippen LogP contribution in [0, 0.1) is 0 Å². The maximum Gasteiger partial charge on any atom is 0.413 e. The molecule has 19 heavy (non-hydrogen) atoms. The highest BCUT2D eigenvalue weighted by molar-refractivity contribution is 5.80. The minimum absolute atomic E-state index is 0.330. The van der Waals surface area contributed by atoms with Crippen molar-refractivity contribution in [3.05, 3.63) is 30.3 Å². The maximum absolute atomic E-state index is 11.5. The second-order valence-electron chi connectivity index (χ2n) is 4.02. The Bertz CT molecular complexity index is 408. The summed E-state index contributed by atoms with van der Waals surface area (Å²) in [5.74, 6) is -0.715. The van der Waals surface area contributed by atoms with Crippen LogP contribution in [0.3, 0.4) is 0 Å². The number of benzene rings is 1. The molecular weight excluding hydrogens is 248 g/mol. The van der Waals surface area contributed by atoms with Gasteiger partial charge in [0.1, 0.15) is 11.8 Å². The standard InChI is InChI=1S/C13H18N2O4/c14-9-5-4-8-11(12(16)17)15-13(18)19-10-6-2-1-3-7-10/h1-3,6-7,11H,4-5,8-9,14H2,(H,15,18)(H,16,17)/t11-/m0/s1. The zero-order valence-corrected chi connectivity index (χ0v) is 10.5. The number of hydrogen-bond donors (Lipinski definition) is 3. The number of amides is 1. The molecule has 0 aliphatic carbocycles. The van der Waals surface area contributed by atoms with Gasteiger partial charge in [-0.3, -0.25) is 0 Å². The van der Waals surface area contributed by atoms with Crippen molar-refractivity contribution < 1.29 is 19.4 Å². The first-order valence-corrected chi connectivity index (χ1v) is 6.09. The average Bonchev–Trinajstić information content (AvgIpc) is 2.38. The number of carbonyl (C=O) groups excluding carboxylic acids is 1. The van der Waals surface area contributed by atoms with Crippen molar-refractivity contribution in [1.82, 2.24) is 5.32 Å². The molecule has 1 amide bonds. The molecular formula is C13H18N2O4. The van der Waals surface area contributed by atoms with E-state index in [0.717, 1.165) is 6.42 Å². The van der Waals surface area contributed by atoms with E-state index in [1.54, 1.807) is 30.3 Å². The second kappa shape index (κ2) is 8.10. The molecule has 1 aromatic carbocycles. The van der Waals surface area contributed by atoms with E-state index in [1.165, 1.54) is 0 Å². The third-order valence-electron chi connectivity index (χ3n) is 2.49. The lowest BCUT2D eigenvalue weighted by Gasteiger charge is -2.14. The van der Waals surface area contributed by atoms with E-state index in [-0.39, 0.29) is 0 Å². The maximum atomic E-state index is 11.5. The van der Waals surface area contributed by atoms with Gasteiger partial charge in [0.15, 0.2) is 0 Å². The van der Waals surface area contributed by atoms with E-state index in [4.69, 9.17) is 15.6 Å². The number of rotatable bonds is 7. The van der Waals surface area contributed by atoms with Gasteiger partial charge in [-0.15, -0.1) is 0 Å². The summed E-state index contributed by atoms with van der Waals surface area (Å²) in [7, 11) is 0. The number of aliphatic carboxylic acids is 1. The van der Waals surface area contributed by atoms with E-state index in [2.05, 4.69) is 5.32 Å². The Kier molecular flexibility index (Phi) is 6.38. The molecule has 0 aliphatic heterocycles. The summed E-state index contributed by atoms with van der Waals surface area (Å²) in [6.07, 6.45) is 0.917. The van der Waals surface area contributed by atoms with Gasteiger partial charge in [0.25, 0.3) is 0 Å². The number of carboxylic acids is 1. The van der Waals surface area contributed by atoms with Gasteiger partial charge in [-0.25, -0.2) is 9.59 Å². The number of nitrogens with one attached hydrogen (secondary N) is 1. The van der Waals surface area contributed by atoms with E-state index in [1.807, 2.05) is 0 Å². The van der Waals surface area contributed by atoms with Crippen molar-refractivity contribution in [2.24, 2.45) is 5.73 Å². The molecule has 0 radical (unpaired) electrons. The Balaban J connectivity index is 2.45. The van der Waals surface area contributed by atoms with Crippen molar-refractivity contribution >= 4 is 12.1 Å². The smallest absolute Gasteiger partial charge is 0.413 e. The zero-order chi connectivity index (χ0) is 14.1. The highest BCUT2D eigenvalue weighted by Crippen LogP contribution is 2.09. The van der Waals surface area contributed by atoms with E-state index >= 15 is 0 Å². The average molecular weight is 266 g/mol. The molecule has 1 aromatic rings. The van der Waals surface area contributed by atoms with Crippen LogP contribution < -0.4 is 15.8 Å². The van der Waals surface area contributed by atoms with Crippen LogP contribution in [0.25, 0.3) is 0 Å². The molecule has 0 saturated carbocycles. The van der Waals surface area contributed by atoms with Gasteiger partial charge in [-0.1, -0.05) is 18.2 Å². The molecule has 0 heterocycles. The Morgan fingerprint density at radius 3 is 2.53 bits per heavy atom. The van der Waals surface area contributed by atoms with Crippen molar-refractivity contribution in [1.29, 1.82) is 0 Å². The van der Waals surface area contributed by atoms with Gasteiger partial charge < -0.3 is 20.9 Å². The lowest BCUT2D eigenvalue weighted by molar-refractivity contribution is -0.139. The number of nitrogens with two attached hydrogens (primary N) is 1. The molecule has 0 spiro atoms. The molecule has 4 N–H and O–H groups in total. The fourth-order valence-corrected chi connectivity index (χ4v) is 1.52. The molecule has 1 rings (SSSR count). The summed E-state index contributed by atoms with van der Waals surface area (Å²) >= 11 is 0. The lowest BCUT2D eigenvalue weighted by atomic mass is 10.1. The highest BCUT2D eigenvalue weighted by atomic mass is 16.6. The predicted molar refractivity (Wildman–Crippen MR) is 69.9 cm³/mol. The Morgan fingerprint density at radius 2 is 1.95 bits per heavy atom. The van der Waals surface area contributed by atoms with E-state index in [0.29, 0.717) is 25.1 Å². The largest absolute Gasteiger partial charge is 0.480 e. The lowest BCUT2D eigenvalue weighted by Crippen LogP contribution is -2.42. The summed E-state index contributed by atoms with van der Waals surface area (Å²) in [4.78, 5) is 22.5. The number of hydrogen-bond acceptors (Lipinski definition) is 4. The molecule has 1 atom stereocenters. The second-order valence-corrected chi connectivity index (χ2v) is 4.02. The third-order valence-corrected chi connectivity index (χ3v) is 2.49. The molecule has 6 nitrogen and oxygen atoms in total. The minimum atomic E-state index is -1.08. The molecule has 0 saturated heterocycles. The van der Waals surface area contributed by atoms with Gasteiger partial charge in [0.05, 0.1) is 0 Å². The van der Waals surface area contributed by atoms with Gasteiger partial charge in [-0.2, -0.15) is 0 Å². The number of carbonyl (C=O) groups is 2. The van der Waals surface area contributed by atoms with E-state index < -0.39 is 18.1 Å². The minimum Gasteiger partial charge on any atom is -0.480 e. The van der Waals surface area contributed by atoms with Crippen molar-refractivity contribution in [3.8, 4) is 5.75 Å². The SMILES string of the molecule is NCCCC[C@H](NC(=O)Oc1ccccc1)C(=O)O. The first-order chi connectivity index (χ1) is 9.13. The Morgan fingerprint density at radius 1 is 1.26 bits per heavy atom. The highest BCUT2D eigenvalue weighted by Gasteiger charge is 2.20. The van der Waals surface area contributed by atoms with Gasteiger partial charge in [0.2, 0.25) is 0 Å². The molecule has 0 fully saturated rings. The van der Waals surface area contributed by atoms with Crippen LogP contribution in [0.5, 0.6) is 5.75 Å². The van der Waals surface area contributed by atoms with Gasteiger partial charge in [0, 0.05) is 0 Å². The Labute approximate surface area is 111 Å². The van der Waals surface area contributed by atoms with Gasteiger partial charge >= 0.3 is 12.1 Å². The molecule has 0 aliphatic rings. The first-order valence-electron chi connectivity index (χ1n) is 6.09. The molecule has 6 heteroatoms. The van der Waals surface area contributed by atoms with Gasteiger partial charge in [-0.05, 0) is 37.9 Å². The third kappa shape index (κ3) is 5.87. The van der Waals surface area contributed by atoms with Crippen LogP contribution in [-0.4, -0.2) is 29.8 Å². The van der Waals surface area contributed by atoms with Crippen molar-refractivity contribution in [3.63, 3.8) is 0 Å². The fraction of sp³-hybridized carbons (Fsp3) is 0.385. The van der Waals surface area contributed by atoms with Crippen LogP contribution in [0.1, 0.15) is 19.3 Å². The summed E-state index contributed by atoms with van der Waals surface area (Å²) in [6, 6.07) is 7.50. The summed E-state index contributed by atoms with van der Waals surface area (Å²) < 4.78 is 4.96. The van der Waals surface area contributed by atoms with Crippen LogP contribution in [0.2, 0.25) is 0 Å². The number of ether oxygens (including phenoxy) is 1. The summed E-state index contributed by atoms with van der Waals surface area (Å²) in [5.41, 5.74) is 5.33. The molecule has 104 valence electrons. The molecule has 0 bridgehead atoms. The Hall–Kier alpha value is -2.08. The summed E-state index contributed by atoms with van der Waals surface area (Å²) in [5, 5.41) is 11.3. The zero-order valence-electron chi connectivity index (χ0n) is 10.5. The number of para-hydroxylation sites is 1. The van der Waals surface area contributed by atoms with Crippen molar-refractivity contribution in [2.45, 2.75) is 25.3 Å². The van der Waals surface area contributed by atoms with Crippen LogP contribution in [-0.2, 0) is 4.79 Å². The number of unbranched alkanes of at least 4 members (excludes halogenated alkanes) is 1. The van der Waals surface area contributed by atoms with Crippen LogP contribution in [0.15, 0.2) is 30.3 Å². The normalized spacial score (nSPS) is 11.6. The summed E-state index contributed by atoms with van der Waals surface area (Å²) in [6.45, 7) is 0.501. The first kappa shape index (κ1) is 15.0. The van der Waals surface area contributed by atoms with E-state index in [9.17, 15) is 9.59 Å². The fourth-order valence-electron chi connectivity index (χ4n) is 1.52. The molecule has 0 aromatic heterocycles. The quantitative estimate of drug-likeness (QED) is 0.647. The van der Waals surface area contributed by atoms with Crippen LogP contribution >= 0.6 is 0 Å². The predicted octanol–water partition coefficient (Wildman–Crippen LogP) is 1.36. The van der Waals surface area contributed by atoms with Crippen LogP contribution in [0.4, 0.5) is 4.79 Å².